The van der Waals surface area contributed by atoms with E-state index in [1.54, 1.807) is 18.4 Å². The molecule has 0 bridgehead atoms. The van der Waals surface area contributed by atoms with E-state index in [1.807, 2.05) is 11.1 Å². The highest BCUT2D eigenvalue weighted by Crippen LogP contribution is 2.22. The maximum Gasteiger partial charge on any atom is 0.194 e. The third-order valence-electron chi connectivity index (χ3n) is 4.39. The van der Waals surface area contributed by atoms with Gasteiger partial charge < -0.3 is 15.1 Å². The van der Waals surface area contributed by atoms with Gasteiger partial charge in [0.05, 0.1) is 12.2 Å². The maximum atomic E-state index is 14.0. The Kier molecular flexibility index (Phi) is 6.03. The van der Waals surface area contributed by atoms with Crippen molar-refractivity contribution in [1.29, 1.82) is 0 Å². The van der Waals surface area contributed by atoms with E-state index in [4.69, 9.17) is 0 Å². The van der Waals surface area contributed by atoms with E-state index in [0.29, 0.717) is 38.4 Å². The molecule has 26 heavy (non-hydrogen) atoms. The lowest BCUT2D eigenvalue weighted by molar-refractivity contribution is 0.370. The van der Waals surface area contributed by atoms with E-state index in [2.05, 4.69) is 27.1 Å². The lowest BCUT2D eigenvalue weighted by Crippen LogP contribution is -2.52. The number of halogens is 2. The third-order valence-corrected chi connectivity index (χ3v) is 5.53. The molecule has 140 valence electrons. The second kappa shape index (κ2) is 8.44. The Balaban J connectivity index is 1.56. The van der Waals surface area contributed by atoms with E-state index in [0.717, 1.165) is 23.5 Å². The quantitative estimate of drug-likeness (QED) is 0.655. The van der Waals surface area contributed by atoms with Crippen LogP contribution in [0.1, 0.15) is 16.8 Å². The minimum absolute atomic E-state index is 0.322. The van der Waals surface area contributed by atoms with Gasteiger partial charge in [-0.3, -0.25) is 4.99 Å². The lowest BCUT2D eigenvalue weighted by Gasteiger charge is -2.37. The summed E-state index contributed by atoms with van der Waals surface area (Å²) in [5.74, 6) is -0.00771. The van der Waals surface area contributed by atoms with E-state index in [-0.39, 0.29) is 0 Å². The molecule has 0 spiro atoms. The minimum atomic E-state index is -0.420. The molecule has 5 nitrogen and oxygen atoms in total. The number of guanidine groups is 1. The molecule has 0 unspecified atom stereocenters. The van der Waals surface area contributed by atoms with Crippen LogP contribution in [0.2, 0.25) is 0 Å². The van der Waals surface area contributed by atoms with E-state index in [9.17, 15) is 8.78 Å². The van der Waals surface area contributed by atoms with Crippen molar-refractivity contribution >= 4 is 23.0 Å². The summed E-state index contributed by atoms with van der Waals surface area (Å²) < 4.78 is 27.4. The van der Waals surface area contributed by atoms with E-state index in [1.165, 1.54) is 17.0 Å². The van der Waals surface area contributed by atoms with Crippen LogP contribution in [0.3, 0.4) is 0 Å². The summed E-state index contributed by atoms with van der Waals surface area (Å²) in [6.07, 6.45) is 2.90. The van der Waals surface area contributed by atoms with Crippen molar-refractivity contribution in [2.45, 2.75) is 19.9 Å². The van der Waals surface area contributed by atoms with E-state index >= 15 is 0 Å². The molecule has 8 heteroatoms. The fourth-order valence-corrected chi connectivity index (χ4v) is 3.77. The fraction of sp³-hybridized carbons (Fsp3) is 0.444. The van der Waals surface area contributed by atoms with Gasteiger partial charge in [0.2, 0.25) is 0 Å². The van der Waals surface area contributed by atoms with Crippen molar-refractivity contribution in [3.05, 3.63) is 45.9 Å². The fourth-order valence-electron chi connectivity index (χ4n) is 2.97. The number of thiazole rings is 1. The SMILES string of the molecule is CCc1cnc(CNC(=NC)N2CCN(c3cc(F)ccc3F)CC2)s1. The smallest absolute Gasteiger partial charge is 0.194 e. The second-order valence-electron chi connectivity index (χ2n) is 6.04. The van der Waals surface area contributed by atoms with Gasteiger partial charge in [0.15, 0.2) is 5.96 Å². The monoisotopic (exact) mass is 379 g/mol. The van der Waals surface area contributed by atoms with Crippen LogP contribution in [0.4, 0.5) is 14.5 Å². The van der Waals surface area contributed by atoms with Crippen LogP contribution < -0.4 is 10.2 Å². The van der Waals surface area contributed by atoms with Gasteiger partial charge in [0.1, 0.15) is 16.6 Å². The average molecular weight is 379 g/mol. The molecule has 0 saturated carbocycles. The lowest BCUT2D eigenvalue weighted by atomic mass is 10.2. The second-order valence-corrected chi connectivity index (χ2v) is 7.24. The van der Waals surface area contributed by atoms with Crippen molar-refractivity contribution in [3.8, 4) is 0 Å². The molecule has 3 rings (SSSR count). The first-order valence-electron chi connectivity index (χ1n) is 8.70. The highest BCUT2D eigenvalue weighted by molar-refractivity contribution is 7.11. The number of nitrogens with one attached hydrogen (secondary N) is 1. The Morgan fingerprint density at radius 3 is 2.69 bits per heavy atom. The minimum Gasteiger partial charge on any atom is -0.366 e. The molecule has 2 heterocycles. The largest absolute Gasteiger partial charge is 0.366 e. The summed E-state index contributed by atoms with van der Waals surface area (Å²) in [5.41, 5.74) is 0.322. The summed E-state index contributed by atoms with van der Waals surface area (Å²) >= 11 is 1.70. The molecule has 1 aromatic heterocycles. The van der Waals surface area contributed by atoms with Crippen LogP contribution >= 0.6 is 11.3 Å². The van der Waals surface area contributed by atoms with Crippen molar-refractivity contribution in [1.82, 2.24) is 15.2 Å². The number of hydrogen-bond donors (Lipinski definition) is 1. The van der Waals surface area contributed by atoms with Gasteiger partial charge in [0.25, 0.3) is 0 Å². The molecule has 1 fully saturated rings. The molecule has 2 aromatic rings. The number of piperazine rings is 1. The maximum absolute atomic E-state index is 14.0. The highest BCUT2D eigenvalue weighted by Gasteiger charge is 2.22. The van der Waals surface area contributed by atoms with Crippen LogP contribution in [-0.2, 0) is 13.0 Å². The molecular formula is C18H23F2N5S. The van der Waals surface area contributed by atoms with Crippen molar-refractivity contribution in [2.75, 3.05) is 38.1 Å². The van der Waals surface area contributed by atoms with Gasteiger partial charge in [-0.2, -0.15) is 0 Å². The number of aliphatic imine (C=N–C) groups is 1. The molecule has 0 atom stereocenters. The van der Waals surface area contributed by atoms with Gasteiger partial charge >= 0.3 is 0 Å². The molecular weight excluding hydrogens is 356 g/mol. The first-order chi connectivity index (χ1) is 12.6. The van der Waals surface area contributed by atoms with Crippen LogP contribution in [0.15, 0.2) is 29.4 Å². The molecule has 0 amide bonds. The first-order valence-corrected chi connectivity index (χ1v) is 9.51. The molecule has 1 aromatic carbocycles. The number of aryl methyl sites for hydroxylation is 1. The Hall–Kier alpha value is -2.22. The van der Waals surface area contributed by atoms with Gasteiger partial charge in [0, 0.05) is 50.4 Å². The van der Waals surface area contributed by atoms with Crippen LogP contribution in [0.25, 0.3) is 0 Å². The van der Waals surface area contributed by atoms with Crippen LogP contribution in [-0.4, -0.2) is 49.1 Å². The zero-order valence-electron chi connectivity index (χ0n) is 15.0. The molecule has 1 aliphatic rings. The van der Waals surface area contributed by atoms with Crippen molar-refractivity contribution in [2.24, 2.45) is 4.99 Å². The summed E-state index contributed by atoms with van der Waals surface area (Å²) in [7, 11) is 1.75. The van der Waals surface area contributed by atoms with Crippen LogP contribution in [0.5, 0.6) is 0 Å². The number of nitrogens with zero attached hydrogens (tertiary/aromatic N) is 4. The Morgan fingerprint density at radius 2 is 2.04 bits per heavy atom. The summed E-state index contributed by atoms with van der Waals surface area (Å²) in [4.78, 5) is 14.0. The van der Waals surface area contributed by atoms with Gasteiger partial charge in [-0.25, -0.2) is 13.8 Å². The highest BCUT2D eigenvalue weighted by atomic mass is 32.1. The van der Waals surface area contributed by atoms with Gasteiger partial charge in [-0.15, -0.1) is 11.3 Å². The number of aromatic nitrogens is 1. The topological polar surface area (TPSA) is 43.8 Å². The number of rotatable bonds is 4. The molecule has 0 aliphatic carbocycles. The predicted molar refractivity (Wildman–Crippen MR) is 102 cm³/mol. The predicted octanol–water partition coefficient (Wildman–Crippen LogP) is 2.88. The zero-order valence-corrected chi connectivity index (χ0v) is 15.8. The normalized spacial score (nSPS) is 15.5. The summed E-state index contributed by atoms with van der Waals surface area (Å²) in [6, 6.07) is 3.57. The zero-order chi connectivity index (χ0) is 18.5. The number of hydrogen-bond acceptors (Lipinski definition) is 4. The Labute approximate surface area is 156 Å². The van der Waals surface area contributed by atoms with Gasteiger partial charge in [-0.1, -0.05) is 6.92 Å². The first kappa shape index (κ1) is 18.6. The van der Waals surface area contributed by atoms with Crippen molar-refractivity contribution in [3.63, 3.8) is 0 Å². The summed E-state index contributed by atoms with van der Waals surface area (Å²) in [6.45, 7) is 5.35. The van der Waals surface area contributed by atoms with Gasteiger partial charge in [-0.05, 0) is 18.6 Å². The Morgan fingerprint density at radius 1 is 1.27 bits per heavy atom. The molecule has 1 N–H and O–H groups in total. The average Bonchev–Trinajstić information content (AvgIpc) is 3.13. The third kappa shape index (κ3) is 4.30. The molecule has 1 saturated heterocycles. The number of benzene rings is 1. The van der Waals surface area contributed by atoms with E-state index < -0.39 is 11.6 Å². The Bertz CT molecular complexity index is 769. The molecule has 1 aliphatic heterocycles. The van der Waals surface area contributed by atoms with Crippen molar-refractivity contribution < 1.29 is 8.78 Å². The van der Waals surface area contributed by atoms with Crippen LogP contribution in [0, 0.1) is 11.6 Å². The standard InChI is InChI=1S/C18H23F2N5S/c1-3-14-11-22-17(26-14)12-23-18(21-2)25-8-6-24(7-9-25)16-10-13(19)4-5-15(16)20/h4-5,10-11H,3,6-9,12H2,1-2H3,(H,21,23). The molecule has 0 radical (unpaired) electrons. The number of anilines is 1. The summed E-state index contributed by atoms with van der Waals surface area (Å²) in [5, 5.41) is 4.37.